The van der Waals surface area contributed by atoms with Gasteiger partial charge in [-0.25, -0.2) is 14.2 Å². The Hall–Kier alpha value is -2.30. The minimum atomic E-state index is -4.36. The molecule has 2 saturated heterocycles. The molecule has 17 heteroatoms. The second-order valence-electron chi connectivity index (χ2n) is 8.85. The minimum Gasteiger partial charge on any atom is -0.394 e. The van der Waals surface area contributed by atoms with Gasteiger partial charge in [0.25, 0.3) is 11.1 Å². The van der Waals surface area contributed by atoms with Gasteiger partial charge in [0.2, 0.25) is 0 Å². The molecule has 0 amide bonds. The predicted molar refractivity (Wildman–Crippen MR) is 129 cm³/mol. The summed E-state index contributed by atoms with van der Waals surface area (Å²) in [7, 11) is 0. The normalized spacial score (nSPS) is 29.4. The van der Waals surface area contributed by atoms with Crippen LogP contribution in [0.3, 0.4) is 0 Å². The lowest BCUT2D eigenvalue weighted by Crippen LogP contribution is -2.33. The Morgan fingerprint density at radius 2 is 1.51 bits per heavy atom. The number of H-pyrrole nitrogens is 2. The van der Waals surface area contributed by atoms with Gasteiger partial charge in [-0.3, -0.25) is 33.2 Å². The highest BCUT2D eigenvalue weighted by Crippen LogP contribution is 2.61. The van der Waals surface area contributed by atoms with Crippen molar-refractivity contribution >= 4 is 18.2 Å². The van der Waals surface area contributed by atoms with Crippen LogP contribution in [0.2, 0.25) is 0 Å². The highest BCUT2D eigenvalue weighted by Gasteiger charge is 2.43. The standard InChI is InChI=1S/C20H27N4O11PS/c1-9-5-23(19(29)21-17(9)27)15-3-11(26)13(35-15)8-33-36(31,32)37-14-4-16(34-12(14)7-25)24-6-10(2)18(28)22-20(24)30/h5-6,11-16,25-26H,3-4,7-8H2,1-2H3,(H,31,32)(H,21,27,29)(H,22,28,30)/t11-,12+,13+,14-,15+,16+/m0/s1. The summed E-state index contributed by atoms with van der Waals surface area (Å²) in [5.74, 6) is 0. The van der Waals surface area contributed by atoms with Crippen LogP contribution >= 0.6 is 18.2 Å². The number of ether oxygens (including phenoxy) is 2. The van der Waals surface area contributed by atoms with Crippen molar-refractivity contribution in [1.82, 2.24) is 19.1 Å². The molecule has 4 rings (SSSR count). The molecule has 15 nitrogen and oxygen atoms in total. The van der Waals surface area contributed by atoms with Gasteiger partial charge in [0, 0.05) is 41.6 Å². The zero-order valence-electron chi connectivity index (χ0n) is 19.8. The van der Waals surface area contributed by atoms with Crippen LogP contribution in [0.4, 0.5) is 0 Å². The maximum Gasteiger partial charge on any atom is 0.387 e. The maximum atomic E-state index is 12.8. The molecule has 2 fully saturated rings. The molecule has 204 valence electrons. The van der Waals surface area contributed by atoms with E-state index in [0.29, 0.717) is 11.4 Å². The average molecular weight is 562 g/mol. The Balaban J connectivity index is 1.39. The second kappa shape index (κ2) is 10.8. The van der Waals surface area contributed by atoms with E-state index in [1.165, 1.54) is 26.2 Å². The quantitative estimate of drug-likeness (QED) is 0.241. The fourth-order valence-electron chi connectivity index (χ4n) is 4.15. The topological polar surface area (TPSA) is 215 Å². The van der Waals surface area contributed by atoms with Gasteiger partial charge < -0.3 is 24.6 Å². The predicted octanol–water partition coefficient (Wildman–Crippen LogP) is -1.15. The fraction of sp³-hybridized carbons (Fsp3) is 0.600. The minimum absolute atomic E-state index is 0.0135. The van der Waals surface area contributed by atoms with Crippen molar-refractivity contribution in [2.75, 3.05) is 13.2 Å². The number of rotatable bonds is 8. The summed E-state index contributed by atoms with van der Waals surface area (Å²) in [6.07, 6.45) is -2.19. The lowest BCUT2D eigenvalue weighted by molar-refractivity contribution is -0.0416. The van der Waals surface area contributed by atoms with E-state index in [0.717, 1.165) is 9.13 Å². The third-order valence-electron chi connectivity index (χ3n) is 6.15. The molecule has 2 aromatic heterocycles. The van der Waals surface area contributed by atoms with Crippen molar-refractivity contribution in [2.45, 2.75) is 62.7 Å². The molecular formula is C20H27N4O11PS. The number of aromatic amines is 2. The highest BCUT2D eigenvalue weighted by molar-refractivity contribution is 8.55. The summed E-state index contributed by atoms with van der Waals surface area (Å²) in [5, 5.41) is 19.3. The molecule has 5 N–H and O–H groups in total. The number of aromatic nitrogens is 4. The van der Waals surface area contributed by atoms with Gasteiger partial charge in [-0.2, -0.15) is 0 Å². The van der Waals surface area contributed by atoms with Crippen molar-refractivity contribution in [3.8, 4) is 0 Å². The van der Waals surface area contributed by atoms with Crippen LogP contribution < -0.4 is 22.5 Å². The molecule has 4 heterocycles. The van der Waals surface area contributed by atoms with Crippen molar-refractivity contribution < 1.29 is 33.7 Å². The molecule has 0 radical (unpaired) electrons. The van der Waals surface area contributed by atoms with E-state index < -0.39 is 78.5 Å². The first-order chi connectivity index (χ1) is 17.4. The largest absolute Gasteiger partial charge is 0.394 e. The van der Waals surface area contributed by atoms with E-state index >= 15 is 0 Å². The van der Waals surface area contributed by atoms with Gasteiger partial charge >= 0.3 is 18.2 Å². The van der Waals surface area contributed by atoms with Crippen molar-refractivity contribution in [1.29, 1.82) is 0 Å². The van der Waals surface area contributed by atoms with Crippen LogP contribution in [0.1, 0.15) is 36.4 Å². The molecule has 1 unspecified atom stereocenters. The Bertz CT molecular complexity index is 1430. The molecule has 0 aliphatic carbocycles. The number of aliphatic hydroxyl groups is 2. The first-order valence-electron chi connectivity index (χ1n) is 11.3. The van der Waals surface area contributed by atoms with Gasteiger partial charge in [-0.15, -0.1) is 0 Å². The number of nitrogens with zero attached hydrogens (tertiary/aromatic N) is 2. The molecule has 0 aromatic carbocycles. The lowest BCUT2D eigenvalue weighted by Gasteiger charge is -2.21. The smallest absolute Gasteiger partial charge is 0.387 e. The first-order valence-corrected chi connectivity index (χ1v) is 14.3. The number of hydrogen-bond donors (Lipinski definition) is 5. The van der Waals surface area contributed by atoms with E-state index in [2.05, 4.69) is 9.97 Å². The molecule has 2 aliphatic heterocycles. The van der Waals surface area contributed by atoms with Gasteiger partial charge in [0.15, 0.2) is 0 Å². The van der Waals surface area contributed by atoms with E-state index in [-0.39, 0.29) is 24.0 Å². The molecule has 7 atom stereocenters. The number of nitrogens with one attached hydrogen (secondary N) is 2. The van der Waals surface area contributed by atoms with Crippen molar-refractivity contribution in [2.24, 2.45) is 0 Å². The van der Waals surface area contributed by atoms with Crippen LogP contribution in [0.15, 0.2) is 31.6 Å². The van der Waals surface area contributed by atoms with E-state index in [1.54, 1.807) is 0 Å². The van der Waals surface area contributed by atoms with Gasteiger partial charge in [-0.05, 0) is 25.2 Å². The second-order valence-corrected chi connectivity index (χ2v) is 12.9. The fourth-order valence-corrected chi connectivity index (χ4v) is 7.48. The zero-order valence-corrected chi connectivity index (χ0v) is 21.5. The van der Waals surface area contributed by atoms with Gasteiger partial charge in [-0.1, -0.05) is 0 Å². The highest BCUT2D eigenvalue weighted by atomic mass is 32.7. The van der Waals surface area contributed by atoms with Gasteiger partial charge in [0.1, 0.15) is 18.6 Å². The molecule has 2 aromatic rings. The SMILES string of the molecule is Cc1cn([C@H]2C[C@H](SP(=O)(O)OC[C@H]3O[C@@H](n4cc(C)c(=O)[nH]c4=O)C[C@@H]3O)[C@@H](CO)O2)c(=O)[nH]c1=O. The molecular weight excluding hydrogens is 535 g/mol. The Morgan fingerprint density at radius 3 is 2.05 bits per heavy atom. The molecule has 37 heavy (non-hydrogen) atoms. The number of hydrogen-bond acceptors (Lipinski definition) is 11. The summed E-state index contributed by atoms with van der Waals surface area (Å²) < 4.78 is 31.6. The van der Waals surface area contributed by atoms with Crippen molar-refractivity contribution in [3.63, 3.8) is 0 Å². The van der Waals surface area contributed by atoms with E-state index in [4.69, 9.17) is 14.0 Å². The summed E-state index contributed by atoms with van der Waals surface area (Å²) in [6.45, 7) is -2.32. The number of aryl methyl sites for hydroxylation is 2. The first kappa shape index (κ1) is 27.7. The molecule has 0 spiro atoms. The van der Waals surface area contributed by atoms with E-state index in [1.807, 2.05) is 0 Å². The Morgan fingerprint density at radius 1 is 1.00 bits per heavy atom. The molecule has 2 aliphatic rings. The third kappa shape index (κ3) is 6.07. The molecule has 0 saturated carbocycles. The van der Waals surface area contributed by atoms with E-state index in [9.17, 15) is 38.8 Å². The van der Waals surface area contributed by atoms with Crippen LogP contribution in [0, 0.1) is 13.8 Å². The van der Waals surface area contributed by atoms with Crippen LogP contribution in [0.5, 0.6) is 0 Å². The van der Waals surface area contributed by atoms with Crippen LogP contribution in [-0.4, -0.2) is 71.0 Å². The monoisotopic (exact) mass is 562 g/mol. The van der Waals surface area contributed by atoms with Crippen LogP contribution in [0.25, 0.3) is 0 Å². The summed E-state index contributed by atoms with van der Waals surface area (Å²) in [5.41, 5.74) is -1.99. The van der Waals surface area contributed by atoms with Crippen molar-refractivity contribution in [3.05, 3.63) is 65.2 Å². The summed E-state index contributed by atoms with van der Waals surface area (Å²) in [6, 6.07) is 0. The third-order valence-corrected chi connectivity index (χ3v) is 9.58. The summed E-state index contributed by atoms with van der Waals surface area (Å²) in [4.78, 5) is 62.2. The zero-order chi connectivity index (χ0) is 27.1. The Kier molecular flexibility index (Phi) is 8.11. The summed E-state index contributed by atoms with van der Waals surface area (Å²) >= 11 is 0.526. The molecule has 0 bridgehead atoms. The maximum absolute atomic E-state index is 12.8. The average Bonchev–Trinajstić information content (AvgIpc) is 3.39. The Labute approximate surface area is 212 Å². The lowest BCUT2D eigenvalue weighted by atomic mass is 10.2. The van der Waals surface area contributed by atoms with Gasteiger partial charge in [0.05, 0.1) is 25.4 Å². The number of aliphatic hydroxyl groups excluding tert-OH is 2. The van der Waals surface area contributed by atoms with Crippen LogP contribution in [-0.2, 0) is 18.6 Å².